The van der Waals surface area contributed by atoms with Crippen LogP contribution >= 0.6 is 11.3 Å². The molecule has 2 aromatic heterocycles. The van der Waals surface area contributed by atoms with Gasteiger partial charge in [0.1, 0.15) is 17.1 Å². The van der Waals surface area contributed by atoms with Gasteiger partial charge in [-0.1, -0.05) is 12.1 Å². The number of amides is 1. The number of hydrogen-bond donors (Lipinski definition) is 1. The van der Waals surface area contributed by atoms with Gasteiger partial charge in [-0.2, -0.15) is 0 Å². The highest BCUT2D eigenvalue weighted by atomic mass is 32.1. The van der Waals surface area contributed by atoms with Gasteiger partial charge in [-0.3, -0.25) is 19.0 Å². The van der Waals surface area contributed by atoms with Gasteiger partial charge in [0.25, 0.3) is 11.5 Å². The van der Waals surface area contributed by atoms with Crippen LogP contribution in [-0.2, 0) is 16.1 Å². The third-order valence-electron chi connectivity index (χ3n) is 4.08. The molecule has 0 bridgehead atoms. The Bertz CT molecular complexity index is 1100. The van der Waals surface area contributed by atoms with Crippen molar-refractivity contribution >= 4 is 39.1 Å². The minimum absolute atomic E-state index is 0.229. The number of nitrogens with zero attached hydrogens (tertiary/aromatic N) is 2. The van der Waals surface area contributed by atoms with Crippen molar-refractivity contribution in [1.29, 1.82) is 0 Å². The molecule has 1 N–H and O–H groups in total. The van der Waals surface area contributed by atoms with Crippen LogP contribution in [-0.4, -0.2) is 35.1 Å². The Kier molecular flexibility index (Phi) is 5.74. The molecule has 0 aliphatic heterocycles. The lowest BCUT2D eigenvalue weighted by Crippen LogP contribution is -2.25. The molecule has 0 saturated carbocycles. The minimum atomic E-state index is -0.521. The standard InChI is InChI=1S/C19H19N3O5S/c1-4-27-14(23)9-22-10-20-18-15(19(22)25)11(2)16(28-18)17(24)21-12-7-5-6-8-13(12)26-3/h5-8,10H,4,9H2,1-3H3,(H,21,24). The zero-order valence-corrected chi connectivity index (χ0v) is 16.5. The maximum atomic E-state index is 12.8. The Hall–Kier alpha value is -3.20. The molecule has 1 amide bonds. The Morgan fingerprint density at radius 1 is 1.29 bits per heavy atom. The van der Waals surface area contributed by atoms with Crippen LogP contribution in [0.15, 0.2) is 35.4 Å². The molecular formula is C19H19N3O5S. The maximum absolute atomic E-state index is 12.8. The van der Waals surface area contributed by atoms with Crippen LogP contribution in [0.5, 0.6) is 5.75 Å². The van der Waals surface area contributed by atoms with E-state index in [0.717, 1.165) is 11.3 Å². The number of aromatic nitrogens is 2. The fraction of sp³-hybridized carbons (Fsp3) is 0.263. The lowest BCUT2D eigenvalue weighted by molar-refractivity contribution is -0.143. The van der Waals surface area contributed by atoms with Gasteiger partial charge in [0.2, 0.25) is 0 Å². The van der Waals surface area contributed by atoms with Gasteiger partial charge in [0.05, 0.1) is 36.0 Å². The second-order valence-electron chi connectivity index (χ2n) is 5.87. The van der Waals surface area contributed by atoms with Crippen molar-refractivity contribution in [2.24, 2.45) is 0 Å². The van der Waals surface area contributed by atoms with E-state index in [1.165, 1.54) is 18.0 Å². The molecule has 3 aromatic rings. The Balaban J connectivity index is 1.96. The maximum Gasteiger partial charge on any atom is 0.326 e. The molecule has 0 aliphatic carbocycles. The van der Waals surface area contributed by atoms with Crippen molar-refractivity contribution < 1.29 is 19.1 Å². The van der Waals surface area contributed by atoms with E-state index >= 15 is 0 Å². The largest absolute Gasteiger partial charge is 0.495 e. The van der Waals surface area contributed by atoms with E-state index < -0.39 is 5.97 Å². The molecule has 0 atom stereocenters. The number of thiophene rings is 1. The average molecular weight is 401 g/mol. The summed E-state index contributed by atoms with van der Waals surface area (Å²) >= 11 is 1.12. The first-order chi connectivity index (χ1) is 13.5. The van der Waals surface area contributed by atoms with Crippen LogP contribution < -0.4 is 15.6 Å². The van der Waals surface area contributed by atoms with Gasteiger partial charge in [-0.05, 0) is 31.5 Å². The fourth-order valence-corrected chi connectivity index (χ4v) is 3.80. The van der Waals surface area contributed by atoms with Crippen molar-refractivity contribution in [3.8, 4) is 5.75 Å². The SMILES string of the molecule is CCOC(=O)Cn1cnc2sc(C(=O)Nc3ccccc3OC)c(C)c2c1=O. The lowest BCUT2D eigenvalue weighted by Gasteiger charge is -2.09. The van der Waals surface area contributed by atoms with Gasteiger partial charge in [-0.15, -0.1) is 11.3 Å². The highest BCUT2D eigenvalue weighted by Crippen LogP contribution is 2.29. The highest BCUT2D eigenvalue weighted by molar-refractivity contribution is 7.20. The van der Waals surface area contributed by atoms with Crippen LogP contribution in [0.4, 0.5) is 5.69 Å². The van der Waals surface area contributed by atoms with E-state index in [2.05, 4.69) is 10.3 Å². The molecule has 3 rings (SSSR count). The summed E-state index contributed by atoms with van der Waals surface area (Å²) in [5.41, 5.74) is 0.658. The fourth-order valence-electron chi connectivity index (χ4n) is 2.76. The lowest BCUT2D eigenvalue weighted by atomic mass is 10.2. The van der Waals surface area contributed by atoms with Crippen LogP contribution in [0.3, 0.4) is 0 Å². The number of carbonyl (C=O) groups is 2. The zero-order valence-electron chi connectivity index (χ0n) is 15.6. The number of fused-ring (bicyclic) bond motifs is 1. The summed E-state index contributed by atoms with van der Waals surface area (Å²) in [4.78, 5) is 42.2. The minimum Gasteiger partial charge on any atom is -0.495 e. The number of esters is 1. The highest BCUT2D eigenvalue weighted by Gasteiger charge is 2.21. The van der Waals surface area contributed by atoms with E-state index in [1.807, 2.05) is 0 Å². The third kappa shape index (κ3) is 3.74. The van der Waals surface area contributed by atoms with Crippen LogP contribution in [0.25, 0.3) is 10.2 Å². The first-order valence-electron chi connectivity index (χ1n) is 8.54. The average Bonchev–Trinajstić information content (AvgIpc) is 3.02. The Morgan fingerprint density at radius 2 is 2.04 bits per heavy atom. The molecule has 0 aliphatic rings. The third-order valence-corrected chi connectivity index (χ3v) is 5.28. The number of benzene rings is 1. The van der Waals surface area contributed by atoms with Gasteiger partial charge < -0.3 is 14.8 Å². The van der Waals surface area contributed by atoms with Gasteiger partial charge in [0, 0.05) is 0 Å². The number of hydrogen-bond acceptors (Lipinski definition) is 7. The first kappa shape index (κ1) is 19.6. The van der Waals surface area contributed by atoms with E-state index in [1.54, 1.807) is 38.1 Å². The number of anilines is 1. The summed E-state index contributed by atoms with van der Waals surface area (Å²) in [6, 6.07) is 7.05. The monoisotopic (exact) mass is 401 g/mol. The number of ether oxygens (including phenoxy) is 2. The number of aryl methyl sites for hydroxylation is 1. The summed E-state index contributed by atoms with van der Waals surface area (Å²) in [5, 5.41) is 3.12. The Labute approximate surface area is 164 Å². The summed E-state index contributed by atoms with van der Waals surface area (Å²) in [7, 11) is 1.52. The summed E-state index contributed by atoms with van der Waals surface area (Å²) < 4.78 is 11.3. The molecule has 0 unspecified atom stereocenters. The van der Waals surface area contributed by atoms with E-state index in [9.17, 15) is 14.4 Å². The summed E-state index contributed by atoms with van der Waals surface area (Å²) in [6.45, 7) is 3.38. The van der Waals surface area contributed by atoms with Gasteiger partial charge >= 0.3 is 5.97 Å². The van der Waals surface area contributed by atoms with Crippen LogP contribution in [0.2, 0.25) is 0 Å². The van der Waals surface area contributed by atoms with Crippen molar-refractivity contribution in [1.82, 2.24) is 9.55 Å². The Morgan fingerprint density at radius 3 is 2.75 bits per heavy atom. The number of nitrogens with one attached hydrogen (secondary N) is 1. The molecule has 28 heavy (non-hydrogen) atoms. The molecule has 9 heteroatoms. The van der Waals surface area contributed by atoms with Gasteiger partial charge in [0.15, 0.2) is 0 Å². The zero-order chi connectivity index (χ0) is 20.3. The second kappa shape index (κ2) is 8.22. The molecular weight excluding hydrogens is 382 g/mol. The molecule has 2 heterocycles. The van der Waals surface area contributed by atoms with Crippen LogP contribution in [0, 0.1) is 6.92 Å². The quantitative estimate of drug-likeness (QED) is 0.638. The van der Waals surface area contributed by atoms with Gasteiger partial charge in [-0.25, -0.2) is 4.98 Å². The predicted octanol–water partition coefficient (Wildman–Crippen LogP) is 2.59. The van der Waals surface area contributed by atoms with E-state index in [-0.39, 0.29) is 24.6 Å². The molecule has 0 radical (unpaired) electrons. The molecule has 0 fully saturated rings. The van der Waals surface area contributed by atoms with E-state index in [4.69, 9.17) is 9.47 Å². The first-order valence-corrected chi connectivity index (χ1v) is 9.36. The summed E-state index contributed by atoms with van der Waals surface area (Å²) in [5.74, 6) is -0.348. The summed E-state index contributed by atoms with van der Waals surface area (Å²) in [6.07, 6.45) is 1.29. The van der Waals surface area contributed by atoms with Crippen molar-refractivity contribution in [3.63, 3.8) is 0 Å². The van der Waals surface area contributed by atoms with Crippen molar-refractivity contribution in [2.75, 3.05) is 19.0 Å². The van der Waals surface area contributed by atoms with Crippen molar-refractivity contribution in [3.05, 3.63) is 51.4 Å². The number of para-hydroxylation sites is 2. The molecule has 1 aromatic carbocycles. The molecule has 0 spiro atoms. The number of carbonyl (C=O) groups excluding carboxylic acids is 2. The smallest absolute Gasteiger partial charge is 0.326 e. The van der Waals surface area contributed by atoms with Crippen LogP contribution in [0.1, 0.15) is 22.2 Å². The molecule has 146 valence electrons. The normalized spacial score (nSPS) is 10.7. The van der Waals surface area contributed by atoms with Crippen molar-refractivity contribution in [2.45, 2.75) is 20.4 Å². The topological polar surface area (TPSA) is 99.5 Å². The second-order valence-corrected chi connectivity index (χ2v) is 6.87. The number of rotatable bonds is 6. The number of methoxy groups -OCH3 is 1. The van der Waals surface area contributed by atoms with E-state index in [0.29, 0.717) is 32.1 Å². The molecule has 0 saturated heterocycles. The molecule has 8 nitrogen and oxygen atoms in total. The predicted molar refractivity (Wildman–Crippen MR) is 106 cm³/mol.